The van der Waals surface area contributed by atoms with Crippen LogP contribution in [0.2, 0.25) is 0 Å². The molecule has 0 aliphatic heterocycles. The van der Waals surface area contributed by atoms with Crippen molar-refractivity contribution in [1.82, 2.24) is 15.2 Å². The Labute approximate surface area is 102 Å². The first-order chi connectivity index (χ1) is 8.36. The maximum absolute atomic E-state index is 5.80. The summed E-state index contributed by atoms with van der Waals surface area (Å²) in [7, 11) is 1.50. The van der Waals surface area contributed by atoms with Gasteiger partial charge in [-0.05, 0) is 18.5 Å². The molecule has 0 amide bonds. The maximum atomic E-state index is 5.80. The van der Waals surface area contributed by atoms with Gasteiger partial charge in [0.1, 0.15) is 5.82 Å². The van der Waals surface area contributed by atoms with Crippen LogP contribution in [0, 0.1) is 0 Å². The van der Waals surface area contributed by atoms with Crippen molar-refractivity contribution in [1.29, 1.82) is 0 Å². The number of nitrogens with two attached hydrogens (primary N) is 2. The number of nitrogens with zero attached hydrogens (tertiary/aromatic N) is 2. The second-order valence-electron chi connectivity index (χ2n) is 3.21. The summed E-state index contributed by atoms with van der Waals surface area (Å²) in [6.45, 7) is 0. The van der Waals surface area contributed by atoms with Crippen LogP contribution in [-0.4, -0.2) is 22.2 Å². The maximum Gasteiger partial charge on any atom is 0.132 e. The second kappa shape index (κ2) is 4.94. The van der Waals surface area contributed by atoms with Crippen molar-refractivity contribution in [2.45, 2.75) is 0 Å². The van der Waals surface area contributed by atoms with E-state index in [1.807, 2.05) is 17.6 Å². The van der Waals surface area contributed by atoms with E-state index in [0.29, 0.717) is 5.82 Å². The Kier molecular flexibility index (Phi) is 3.36. The van der Waals surface area contributed by atoms with Gasteiger partial charge < -0.3 is 11.5 Å². The number of fused-ring (bicyclic) bond motifs is 1. The molecule has 0 bridgehead atoms. The predicted octanol–water partition coefficient (Wildman–Crippen LogP) is 1.84. The minimum atomic E-state index is 0.582. The minimum absolute atomic E-state index is 0.582. The van der Waals surface area contributed by atoms with Gasteiger partial charge in [-0.15, -0.1) is 11.3 Å². The largest absolute Gasteiger partial charge is 0.383 e. The number of hydrogen-bond donors (Lipinski definition) is 3. The molecule has 3 aromatic rings. The number of thiophene rings is 1. The standard InChI is InChI=1S/C10H8N4S.CH5N/c11-10-7-1-2-15-9(7)8(5-12-10)6-3-13-14-4-6;1-2/h1-5H,(H2,11,12)(H,13,14);2H2,1H3. The fraction of sp³-hybridized carbons (Fsp3) is 0.0909. The quantitative estimate of drug-likeness (QED) is 0.611. The van der Waals surface area contributed by atoms with Crippen LogP contribution in [0.4, 0.5) is 5.82 Å². The summed E-state index contributed by atoms with van der Waals surface area (Å²) in [5, 5.41) is 9.76. The topological polar surface area (TPSA) is 93.6 Å². The van der Waals surface area contributed by atoms with E-state index in [1.54, 1.807) is 23.7 Å². The number of rotatable bonds is 1. The highest BCUT2D eigenvalue weighted by Crippen LogP contribution is 2.33. The molecule has 0 saturated heterocycles. The van der Waals surface area contributed by atoms with E-state index in [-0.39, 0.29) is 0 Å². The molecule has 5 nitrogen and oxygen atoms in total. The molecule has 0 saturated carbocycles. The zero-order chi connectivity index (χ0) is 12.3. The summed E-state index contributed by atoms with van der Waals surface area (Å²) >= 11 is 1.66. The monoisotopic (exact) mass is 247 g/mol. The smallest absolute Gasteiger partial charge is 0.132 e. The molecule has 0 unspecified atom stereocenters. The van der Waals surface area contributed by atoms with E-state index in [0.717, 1.165) is 21.2 Å². The van der Waals surface area contributed by atoms with Crippen LogP contribution in [-0.2, 0) is 0 Å². The van der Waals surface area contributed by atoms with Crippen molar-refractivity contribution in [3.63, 3.8) is 0 Å². The molecule has 17 heavy (non-hydrogen) atoms. The molecule has 3 rings (SSSR count). The first kappa shape index (κ1) is 11.6. The Hall–Kier alpha value is -1.92. The molecule has 0 spiro atoms. The molecular weight excluding hydrogens is 234 g/mol. The van der Waals surface area contributed by atoms with Crippen LogP contribution in [0.1, 0.15) is 0 Å². The first-order valence-electron chi connectivity index (χ1n) is 5.05. The summed E-state index contributed by atoms with van der Waals surface area (Å²) in [5.74, 6) is 0.582. The van der Waals surface area contributed by atoms with Crippen LogP contribution in [0.25, 0.3) is 21.2 Å². The third kappa shape index (κ3) is 2.00. The highest BCUT2D eigenvalue weighted by Gasteiger charge is 2.08. The van der Waals surface area contributed by atoms with Gasteiger partial charge in [0.05, 0.1) is 6.20 Å². The van der Waals surface area contributed by atoms with Gasteiger partial charge in [0.25, 0.3) is 0 Å². The number of nitrogen functional groups attached to an aromatic ring is 1. The fourth-order valence-corrected chi connectivity index (χ4v) is 2.52. The molecule has 0 radical (unpaired) electrons. The second-order valence-corrected chi connectivity index (χ2v) is 4.12. The molecule has 0 fully saturated rings. The molecule has 0 atom stereocenters. The molecule has 3 aromatic heterocycles. The lowest BCUT2D eigenvalue weighted by molar-refractivity contribution is 1.09. The molecule has 0 aromatic carbocycles. The SMILES string of the molecule is CN.Nc1ncc(-c2cn[nH]c2)c2sccc12. The molecule has 0 aliphatic rings. The van der Waals surface area contributed by atoms with Crippen molar-refractivity contribution in [3.8, 4) is 11.1 Å². The van der Waals surface area contributed by atoms with Crippen LogP contribution >= 0.6 is 11.3 Å². The number of hydrogen-bond acceptors (Lipinski definition) is 5. The van der Waals surface area contributed by atoms with E-state index < -0.39 is 0 Å². The normalized spacial score (nSPS) is 10.0. The van der Waals surface area contributed by atoms with Gasteiger partial charge in [0, 0.05) is 33.6 Å². The molecule has 5 N–H and O–H groups in total. The Morgan fingerprint density at radius 1 is 1.29 bits per heavy atom. The number of aromatic amines is 1. The highest BCUT2D eigenvalue weighted by atomic mass is 32.1. The van der Waals surface area contributed by atoms with Crippen LogP contribution in [0.15, 0.2) is 30.0 Å². The van der Waals surface area contributed by atoms with Gasteiger partial charge in [-0.1, -0.05) is 0 Å². The van der Waals surface area contributed by atoms with Gasteiger partial charge in [0.15, 0.2) is 0 Å². The van der Waals surface area contributed by atoms with Crippen molar-refractivity contribution < 1.29 is 0 Å². The number of H-pyrrole nitrogens is 1. The number of aromatic nitrogens is 3. The fourth-order valence-electron chi connectivity index (χ4n) is 1.59. The van der Waals surface area contributed by atoms with Gasteiger partial charge in [-0.2, -0.15) is 5.10 Å². The molecular formula is C11H13N5S. The number of pyridine rings is 1. The van der Waals surface area contributed by atoms with Crippen LogP contribution in [0.5, 0.6) is 0 Å². The predicted molar refractivity (Wildman–Crippen MR) is 71.7 cm³/mol. The summed E-state index contributed by atoms with van der Waals surface area (Å²) < 4.78 is 1.16. The Balaban J connectivity index is 0.000000514. The highest BCUT2D eigenvalue weighted by molar-refractivity contribution is 7.17. The Morgan fingerprint density at radius 2 is 2.12 bits per heavy atom. The van der Waals surface area contributed by atoms with Gasteiger partial charge in [-0.3, -0.25) is 5.10 Å². The zero-order valence-electron chi connectivity index (χ0n) is 9.34. The minimum Gasteiger partial charge on any atom is -0.383 e. The van der Waals surface area contributed by atoms with E-state index >= 15 is 0 Å². The van der Waals surface area contributed by atoms with E-state index in [2.05, 4.69) is 20.9 Å². The zero-order valence-corrected chi connectivity index (χ0v) is 10.2. The summed E-state index contributed by atoms with van der Waals surface area (Å²) in [6.07, 6.45) is 5.43. The average Bonchev–Trinajstić information content (AvgIpc) is 3.03. The van der Waals surface area contributed by atoms with Crippen LogP contribution in [0.3, 0.4) is 0 Å². The number of anilines is 1. The third-order valence-electron chi connectivity index (χ3n) is 2.33. The van der Waals surface area contributed by atoms with E-state index in [9.17, 15) is 0 Å². The molecule has 0 aliphatic carbocycles. The average molecular weight is 247 g/mol. The lowest BCUT2D eigenvalue weighted by Crippen LogP contribution is -1.90. The first-order valence-corrected chi connectivity index (χ1v) is 5.93. The van der Waals surface area contributed by atoms with Gasteiger partial charge >= 0.3 is 0 Å². The van der Waals surface area contributed by atoms with Gasteiger partial charge in [-0.25, -0.2) is 4.98 Å². The molecule has 3 heterocycles. The van der Waals surface area contributed by atoms with E-state index in [1.165, 1.54) is 7.05 Å². The van der Waals surface area contributed by atoms with E-state index in [4.69, 9.17) is 5.73 Å². The van der Waals surface area contributed by atoms with Crippen molar-refractivity contribution in [2.75, 3.05) is 12.8 Å². The Bertz CT molecular complexity index is 599. The van der Waals surface area contributed by atoms with Crippen molar-refractivity contribution >= 4 is 27.2 Å². The third-order valence-corrected chi connectivity index (χ3v) is 3.28. The van der Waals surface area contributed by atoms with Gasteiger partial charge in [0.2, 0.25) is 0 Å². The van der Waals surface area contributed by atoms with Crippen molar-refractivity contribution in [2.24, 2.45) is 5.73 Å². The summed E-state index contributed by atoms with van der Waals surface area (Å²) in [6, 6.07) is 1.99. The summed E-state index contributed by atoms with van der Waals surface area (Å²) in [5.41, 5.74) is 12.4. The summed E-state index contributed by atoms with van der Waals surface area (Å²) in [4.78, 5) is 4.18. The lowest BCUT2D eigenvalue weighted by atomic mass is 10.1. The molecule has 6 heteroatoms. The number of nitrogens with one attached hydrogen (secondary N) is 1. The van der Waals surface area contributed by atoms with Crippen LogP contribution < -0.4 is 11.5 Å². The molecule has 88 valence electrons. The van der Waals surface area contributed by atoms with Crippen molar-refractivity contribution in [3.05, 3.63) is 30.0 Å². The Morgan fingerprint density at radius 3 is 2.82 bits per heavy atom. The lowest BCUT2D eigenvalue weighted by Gasteiger charge is -2.00.